The minimum absolute atomic E-state index is 0. The van der Waals surface area contributed by atoms with Crippen LogP contribution in [0.25, 0.3) is 0 Å². The second kappa shape index (κ2) is 22.8. The van der Waals surface area contributed by atoms with Gasteiger partial charge in [-0.3, -0.25) is 0 Å². The van der Waals surface area contributed by atoms with Gasteiger partial charge in [-0.2, -0.15) is 13.3 Å². The molecular weight excluding hydrogens is 315 g/mol. The zero-order valence-corrected chi connectivity index (χ0v) is 13.5. The van der Waals surface area contributed by atoms with Crippen LogP contribution in [0.5, 0.6) is 0 Å². The van der Waals surface area contributed by atoms with Crippen LogP contribution in [0, 0.1) is 6.42 Å². The third-order valence-corrected chi connectivity index (χ3v) is 0.408. The van der Waals surface area contributed by atoms with Crippen molar-refractivity contribution in [1.29, 1.82) is 0 Å². The first kappa shape index (κ1) is 22.4. The molecule has 0 aromatic rings. The van der Waals surface area contributed by atoms with Gasteiger partial charge in [0.2, 0.25) is 0 Å². The summed E-state index contributed by atoms with van der Waals surface area (Å²) in [5.41, 5.74) is 0. The summed E-state index contributed by atoms with van der Waals surface area (Å²) in [6, 6.07) is 0. The molecule has 0 aliphatic heterocycles. The van der Waals surface area contributed by atoms with E-state index < -0.39 is 0 Å². The van der Waals surface area contributed by atoms with Crippen molar-refractivity contribution in [3.05, 3.63) is 6.42 Å². The first-order chi connectivity index (χ1) is 1.91. The van der Waals surface area contributed by atoms with E-state index in [9.17, 15) is 0 Å². The third-order valence-electron chi connectivity index (χ3n) is 0.408. The minimum Gasteiger partial charge on any atom is -0.332 e. The molecule has 7 heavy (non-hydrogen) atoms. The first-order valence-corrected chi connectivity index (χ1v) is 1.69. The summed E-state index contributed by atoms with van der Waals surface area (Å²) in [6.45, 7) is 4.18. The first-order valence-electron chi connectivity index (χ1n) is 1.69. The van der Waals surface area contributed by atoms with Crippen molar-refractivity contribution in [1.82, 2.24) is 0 Å². The Kier molecular flexibility index (Phi) is 73.1. The molecule has 0 spiro atoms. The van der Waals surface area contributed by atoms with Crippen molar-refractivity contribution in [3.8, 4) is 0 Å². The Labute approximate surface area is 122 Å². The molecule has 0 nitrogen and oxygen atoms in total. The van der Waals surface area contributed by atoms with Crippen LogP contribution in [0.3, 0.4) is 0 Å². The van der Waals surface area contributed by atoms with Crippen molar-refractivity contribution in [2.45, 2.75) is 20.3 Å². The molecule has 0 atom stereocenters. The molecule has 0 saturated carbocycles. The zero-order chi connectivity index (χ0) is 3.41. The molecule has 0 aromatic heterocycles. The van der Waals surface area contributed by atoms with E-state index in [2.05, 4.69) is 20.3 Å². The van der Waals surface area contributed by atoms with Gasteiger partial charge in [-0.05, 0) is 0 Å². The molecule has 0 bridgehead atoms. The minimum atomic E-state index is 0. The molecule has 0 amide bonds. The quantitative estimate of drug-likeness (QED) is 0.643. The fourth-order valence-corrected chi connectivity index (χ4v) is 0. The molecule has 0 heterocycles. The van der Waals surface area contributed by atoms with Crippen molar-refractivity contribution in [2.24, 2.45) is 0 Å². The van der Waals surface area contributed by atoms with Gasteiger partial charge in [-0.25, -0.2) is 0 Å². The number of hydrogen-bond donors (Lipinski definition) is 0. The van der Waals surface area contributed by atoms with Crippen LogP contribution in [0.2, 0.25) is 0 Å². The van der Waals surface area contributed by atoms with Gasteiger partial charge >= 0.3 is 0 Å². The van der Waals surface area contributed by atoms with Crippen molar-refractivity contribution >= 4 is 0 Å². The monoisotopic (exact) mass is 324 g/mol. The average Bonchev–Trinajstić information content (AvgIpc) is 1.37. The molecule has 0 unspecified atom stereocenters. The molecule has 0 fully saturated rings. The summed E-state index contributed by atoms with van der Waals surface area (Å²) in [6.07, 6.45) is 3.32. The molecule has 0 N–H and O–H groups in total. The van der Waals surface area contributed by atoms with Gasteiger partial charge in [0.05, 0.1) is 0 Å². The van der Waals surface area contributed by atoms with Crippen LogP contribution >= 0.6 is 0 Å². The largest absolute Gasteiger partial charge is 0.332 e. The number of hydrogen-bond acceptors (Lipinski definition) is 0. The molecule has 0 rings (SSSR count). The van der Waals surface area contributed by atoms with Gasteiger partial charge in [0.15, 0.2) is 0 Å². The van der Waals surface area contributed by atoms with Gasteiger partial charge in [-0.15, -0.1) is 0 Å². The Morgan fingerprint density at radius 1 is 1.14 bits per heavy atom. The summed E-state index contributed by atoms with van der Waals surface area (Å²) in [5, 5.41) is 0. The SMILES string of the molecule is C[CH-]CC.[Y].[Y].[Y]. The second-order valence-corrected chi connectivity index (χ2v) is 0.816. The molecular formula is C4H9Y3-. The maximum atomic E-state index is 2.12. The smallest absolute Gasteiger partial charge is 0 e. The third kappa shape index (κ3) is 26.8. The van der Waals surface area contributed by atoms with Crippen LogP contribution in [0.15, 0.2) is 0 Å². The van der Waals surface area contributed by atoms with Crippen molar-refractivity contribution < 1.29 is 98.1 Å². The predicted molar refractivity (Wildman–Crippen MR) is 20.3 cm³/mol. The van der Waals surface area contributed by atoms with Crippen molar-refractivity contribution in [2.75, 3.05) is 0 Å². The fourth-order valence-electron chi connectivity index (χ4n) is 0. The topological polar surface area (TPSA) is 0 Å². The van der Waals surface area contributed by atoms with E-state index in [0.717, 1.165) is 0 Å². The maximum absolute atomic E-state index is 2.12. The Bertz CT molecular complexity index is 8.90. The van der Waals surface area contributed by atoms with Crippen LogP contribution in [0.1, 0.15) is 20.3 Å². The van der Waals surface area contributed by atoms with Gasteiger partial charge in [0, 0.05) is 98.1 Å². The van der Waals surface area contributed by atoms with Gasteiger partial charge in [-0.1, -0.05) is 6.92 Å². The fraction of sp³-hybridized carbons (Fsp3) is 0.750. The molecule has 3 heteroatoms. The van der Waals surface area contributed by atoms with E-state index in [0.29, 0.717) is 0 Å². The molecule has 0 aromatic carbocycles. The predicted octanol–water partition coefficient (Wildman–Crippen LogP) is 1.61. The molecule has 0 aliphatic carbocycles. The Morgan fingerprint density at radius 2 is 1.29 bits per heavy atom. The van der Waals surface area contributed by atoms with Crippen molar-refractivity contribution in [3.63, 3.8) is 0 Å². The van der Waals surface area contributed by atoms with E-state index in [4.69, 9.17) is 0 Å². The zero-order valence-electron chi connectivity index (χ0n) is 5.02. The molecule has 0 saturated heterocycles. The van der Waals surface area contributed by atoms with E-state index >= 15 is 0 Å². The van der Waals surface area contributed by atoms with E-state index in [1.165, 1.54) is 6.42 Å². The van der Waals surface area contributed by atoms with Crippen LogP contribution in [-0.2, 0) is 98.1 Å². The average molecular weight is 324 g/mol. The van der Waals surface area contributed by atoms with Gasteiger partial charge in [0.25, 0.3) is 0 Å². The molecule has 35 valence electrons. The van der Waals surface area contributed by atoms with E-state index in [1.54, 1.807) is 0 Å². The number of unbranched alkanes of at least 4 members (excludes halogenated alkanes) is 1. The standard InChI is InChI=1S/C4H9.3Y/c1-3-4-2;;;/h3H,4H2,1-2H3;;;/q-1;;;. The summed E-state index contributed by atoms with van der Waals surface area (Å²) < 4.78 is 0. The molecule has 0 aliphatic rings. The van der Waals surface area contributed by atoms with E-state index in [-0.39, 0.29) is 98.1 Å². The Morgan fingerprint density at radius 3 is 1.29 bits per heavy atom. The number of rotatable bonds is 1. The van der Waals surface area contributed by atoms with Crippen LogP contribution < -0.4 is 0 Å². The summed E-state index contributed by atoms with van der Waals surface area (Å²) >= 11 is 0. The van der Waals surface area contributed by atoms with Crippen LogP contribution in [0.4, 0.5) is 0 Å². The summed E-state index contributed by atoms with van der Waals surface area (Å²) in [4.78, 5) is 0. The Hall–Kier alpha value is 3.31. The normalized spacial score (nSPS) is 4.29. The van der Waals surface area contributed by atoms with E-state index in [1.807, 2.05) is 0 Å². The summed E-state index contributed by atoms with van der Waals surface area (Å²) in [7, 11) is 0. The van der Waals surface area contributed by atoms with Crippen LogP contribution in [-0.4, -0.2) is 0 Å². The summed E-state index contributed by atoms with van der Waals surface area (Å²) in [5.74, 6) is 0. The maximum Gasteiger partial charge on any atom is 0 e. The second-order valence-electron chi connectivity index (χ2n) is 0.816. The van der Waals surface area contributed by atoms with Gasteiger partial charge < -0.3 is 6.42 Å². The molecule has 3 radical (unpaired) electrons. The Balaban J connectivity index is -0.0000000150. The van der Waals surface area contributed by atoms with Gasteiger partial charge in [0.1, 0.15) is 0 Å².